The van der Waals surface area contributed by atoms with Crippen molar-refractivity contribution in [3.05, 3.63) is 0 Å². The Morgan fingerprint density at radius 2 is 0.882 bits per heavy atom. The number of amides is 4. The Morgan fingerprint density at radius 3 is 1.18 bits per heavy atom. The molecule has 34 heavy (non-hydrogen) atoms. The lowest BCUT2D eigenvalue weighted by Crippen LogP contribution is -2.64. The maximum atomic E-state index is 12.8. The predicted octanol–water partition coefficient (Wildman–Crippen LogP) is -2.32. The van der Waals surface area contributed by atoms with E-state index < -0.39 is 0 Å². The van der Waals surface area contributed by atoms with Gasteiger partial charge >= 0.3 is 0 Å². The molecule has 0 saturated carbocycles. The summed E-state index contributed by atoms with van der Waals surface area (Å²) in [6.45, 7) is 10.3. The van der Waals surface area contributed by atoms with E-state index in [9.17, 15) is 19.2 Å². The van der Waals surface area contributed by atoms with Crippen molar-refractivity contribution >= 4 is 23.6 Å². The number of morpholine rings is 2. The lowest BCUT2D eigenvalue weighted by atomic mass is 10.1. The van der Waals surface area contributed by atoms with E-state index in [1.54, 1.807) is 0 Å². The molecule has 0 N–H and O–H groups in total. The maximum absolute atomic E-state index is 12.8. The van der Waals surface area contributed by atoms with Gasteiger partial charge in [0.2, 0.25) is 23.6 Å². The van der Waals surface area contributed by atoms with Gasteiger partial charge in [-0.2, -0.15) is 0 Å². The monoisotopic (exact) mass is 480 g/mol. The quantitative estimate of drug-likeness (QED) is 0.369. The summed E-state index contributed by atoms with van der Waals surface area (Å²) < 4.78 is 10.7. The van der Waals surface area contributed by atoms with Crippen molar-refractivity contribution in [1.29, 1.82) is 0 Å². The molecule has 0 spiro atoms. The van der Waals surface area contributed by atoms with Crippen LogP contribution in [-0.4, -0.2) is 157 Å². The molecule has 0 aromatic carbocycles. The summed E-state index contributed by atoms with van der Waals surface area (Å²) in [5.74, 6) is -0.873. The van der Waals surface area contributed by atoms with Gasteiger partial charge in [0.1, 0.15) is 0 Å². The van der Waals surface area contributed by atoms with E-state index in [1.807, 2.05) is 23.6 Å². The van der Waals surface area contributed by atoms with E-state index in [0.717, 1.165) is 0 Å². The highest BCUT2D eigenvalue weighted by Crippen LogP contribution is 2.18. The molecule has 0 radical (unpaired) electrons. The summed E-state index contributed by atoms with van der Waals surface area (Å²) in [6, 6.07) is -0.352. The first kappa shape index (κ1) is 25.1. The Balaban J connectivity index is 1.30. The second-order valence-electron chi connectivity index (χ2n) is 9.47. The molecule has 0 aliphatic carbocycles. The summed E-state index contributed by atoms with van der Waals surface area (Å²) in [6.07, 6.45) is 0. The first-order chi connectivity index (χ1) is 16.3. The first-order valence-electron chi connectivity index (χ1n) is 12.1. The zero-order chi connectivity index (χ0) is 24.2. The second-order valence-corrected chi connectivity index (χ2v) is 9.47. The number of ether oxygens (including phenoxy) is 2. The van der Waals surface area contributed by atoms with Crippen molar-refractivity contribution in [2.45, 2.75) is 25.9 Å². The van der Waals surface area contributed by atoms with Crippen LogP contribution in [0.3, 0.4) is 0 Å². The van der Waals surface area contributed by atoms with Gasteiger partial charge < -0.3 is 9.47 Å². The molecule has 4 heterocycles. The van der Waals surface area contributed by atoms with Crippen molar-refractivity contribution < 1.29 is 28.7 Å². The van der Waals surface area contributed by atoms with E-state index in [-0.39, 0.29) is 61.9 Å². The van der Waals surface area contributed by atoms with Crippen molar-refractivity contribution in [3.63, 3.8) is 0 Å². The van der Waals surface area contributed by atoms with Gasteiger partial charge in [-0.05, 0) is 13.8 Å². The van der Waals surface area contributed by atoms with Crippen LogP contribution in [0, 0.1) is 0 Å². The van der Waals surface area contributed by atoms with Gasteiger partial charge in [0.25, 0.3) is 0 Å². The highest BCUT2D eigenvalue weighted by molar-refractivity contribution is 6.00. The van der Waals surface area contributed by atoms with E-state index in [4.69, 9.17) is 9.47 Å². The van der Waals surface area contributed by atoms with E-state index in [2.05, 4.69) is 9.80 Å². The smallest absolute Gasteiger partial charge is 0.244 e. The minimum Gasteiger partial charge on any atom is -0.379 e. The van der Waals surface area contributed by atoms with E-state index in [0.29, 0.717) is 65.9 Å². The summed E-state index contributed by atoms with van der Waals surface area (Å²) in [5, 5.41) is 0. The largest absolute Gasteiger partial charge is 0.379 e. The number of piperazine rings is 2. The molecule has 12 heteroatoms. The summed E-state index contributed by atoms with van der Waals surface area (Å²) in [7, 11) is 0. The van der Waals surface area contributed by atoms with Crippen LogP contribution in [-0.2, 0) is 28.7 Å². The Morgan fingerprint density at radius 1 is 0.588 bits per heavy atom. The molecule has 0 aromatic rings. The SMILES string of the molecule is C[C@H]([C@H](C)N1CC(=O)N(CN2CCOCC2)C(=O)C1)N1CC(=O)N(CN2CCOCC2)C(=O)C1. The number of carbonyl (C=O) groups excluding carboxylic acids is 4. The second kappa shape index (κ2) is 11.2. The van der Waals surface area contributed by atoms with Crippen molar-refractivity contribution in [2.75, 3.05) is 92.1 Å². The van der Waals surface area contributed by atoms with E-state index in [1.165, 1.54) is 9.80 Å². The minimum atomic E-state index is -0.218. The van der Waals surface area contributed by atoms with E-state index >= 15 is 0 Å². The van der Waals surface area contributed by atoms with Crippen LogP contribution < -0.4 is 0 Å². The molecule has 4 aliphatic heterocycles. The van der Waals surface area contributed by atoms with Gasteiger partial charge in [-0.25, -0.2) is 0 Å². The van der Waals surface area contributed by atoms with Gasteiger partial charge in [-0.15, -0.1) is 0 Å². The van der Waals surface area contributed by atoms with Crippen LogP contribution in [0.2, 0.25) is 0 Å². The molecule has 12 nitrogen and oxygen atoms in total. The van der Waals surface area contributed by atoms with Crippen LogP contribution >= 0.6 is 0 Å². The standard InChI is InChI=1S/C22H36N6O6/c1-17(25-11-19(29)27(20(30)12-25)15-23-3-7-33-8-4-23)18(2)26-13-21(31)28(22(32)14-26)16-24-5-9-34-10-6-24/h17-18H,3-16H2,1-2H3/t17-,18+. The lowest BCUT2D eigenvalue weighted by molar-refractivity contribution is -0.160. The van der Waals surface area contributed by atoms with Gasteiger partial charge in [0, 0.05) is 38.3 Å². The third-order valence-electron chi connectivity index (χ3n) is 7.30. The zero-order valence-electron chi connectivity index (χ0n) is 20.2. The third-order valence-corrected chi connectivity index (χ3v) is 7.30. The number of hydrogen-bond acceptors (Lipinski definition) is 10. The Kier molecular flexibility index (Phi) is 8.27. The molecule has 4 rings (SSSR count). The molecule has 190 valence electrons. The van der Waals surface area contributed by atoms with Gasteiger partial charge in [0.05, 0.1) is 65.9 Å². The molecular weight excluding hydrogens is 444 g/mol. The normalized spacial score (nSPS) is 26.9. The molecule has 4 fully saturated rings. The average Bonchev–Trinajstić information content (AvgIpc) is 2.83. The number of carbonyl (C=O) groups is 4. The molecule has 4 saturated heterocycles. The van der Waals surface area contributed by atoms with Gasteiger partial charge in [0.15, 0.2) is 0 Å². The number of hydrogen-bond donors (Lipinski definition) is 0. The number of nitrogens with zero attached hydrogens (tertiary/aromatic N) is 6. The minimum absolute atomic E-state index is 0.139. The Bertz CT molecular complexity index is 684. The molecule has 0 aromatic heterocycles. The zero-order valence-corrected chi connectivity index (χ0v) is 20.2. The molecule has 0 unspecified atom stereocenters. The van der Waals surface area contributed by atoms with Crippen molar-refractivity contribution in [2.24, 2.45) is 0 Å². The Labute approximate surface area is 200 Å². The highest BCUT2D eigenvalue weighted by Gasteiger charge is 2.40. The van der Waals surface area contributed by atoms with Crippen LogP contribution in [0.25, 0.3) is 0 Å². The van der Waals surface area contributed by atoms with Crippen LogP contribution in [0.5, 0.6) is 0 Å². The number of rotatable bonds is 7. The van der Waals surface area contributed by atoms with Crippen molar-refractivity contribution in [3.8, 4) is 0 Å². The molecule has 4 aliphatic rings. The fourth-order valence-corrected chi connectivity index (χ4v) is 4.81. The maximum Gasteiger partial charge on any atom is 0.244 e. The fourth-order valence-electron chi connectivity index (χ4n) is 4.81. The fraction of sp³-hybridized carbons (Fsp3) is 0.818. The van der Waals surface area contributed by atoms with Crippen LogP contribution in [0.15, 0.2) is 0 Å². The highest BCUT2D eigenvalue weighted by atomic mass is 16.5. The molecular formula is C22H36N6O6. The lowest BCUT2D eigenvalue weighted by Gasteiger charge is -2.44. The summed E-state index contributed by atoms with van der Waals surface area (Å²) >= 11 is 0. The first-order valence-corrected chi connectivity index (χ1v) is 12.1. The average molecular weight is 481 g/mol. The molecule has 4 amide bonds. The third kappa shape index (κ3) is 5.81. The summed E-state index contributed by atoms with van der Waals surface area (Å²) in [4.78, 5) is 61.6. The Hall–Kier alpha value is -1.96. The van der Waals surface area contributed by atoms with Gasteiger partial charge in [-0.3, -0.25) is 48.6 Å². The van der Waals surface area contributed by atoms with Crippen LogP contribution in [0.1, 0.15) is 13.8 Å². The van der Waals surface area contributed by atoms with Gasteiger partial charge in [-0.1, -0.05) is 0 Å². The molecule has 2 atom stereocenters. The summed E-state index contributed by atoms with van der Waals surface area (Å²) in [5.41, 5.74) is 0. The number of imide groups is 2. The van der Waals surface area contributed by atoms with Crippen molar-refractivity contribution in [1.82, 2.24) is 29.4 Å². The predicted molar refractivity (Wildman–Crippen MR) is 120 cm³/mol. The topological polar surface area (TPSA) is 106 Å². The van der Waals surface area contributed by atoms with Crippen LogP contribution in [0.4, 0.5) is 0 Å². The molecule has 0 bridgehead atoms.